The van der Waals surface area contributed by atoms with Crippen LogP contribution in [0.25, 0.3) is 0 Å². The second kappa shape index (κ2) is 8.77. The van der Waals surface area contributed by atoms with Crippen molar-refractivity contribution in [3.63, 3.8) is 0 Å². The Morgan fingerprint density at radius 3 is 2.25 bits per heavy atom. The molecule has 0 saturated carbocycles. The Balaban J connectivity index is 1.55. The molecule has 0 atom stereocenters. The molecular weight excluding hydrogens is 360 g/mol. The number of aromatic nitrogens is 2. The van der Waals surface area contributed by atoms with Crippen LogP contribution in [0.1, 0.15) is 24.4 Å². The van der Waals surface area contributed by atoms with Gasteiger partial charge in [-0.3, -0.25) is 0 Å². The van der Waals surface area contributed by atoms with Gasteiger partial charge in [-0.2, -0.15) is 4.98 Å². The molecule has 1 N–H and O–H groups in total. The molecule has 2 aromatic rings. The number of urea groups is 1. The zero-order valence-electron chi connectivity index (χ0n) is 16.7. The molecular formula is C20H26N4O4. The van der Waals surface area contributed by atoms with Crippen LogP contribution < -0.4 is 19.5 Å². The number of hydrogen-bond acceptors (Lipinski definition) is 6. The lowest BCUT2D eigenvalue weighted by atomic mass is 10.1. The van der Waals surface area contributed by atoms with Gasteiger partial charge < -0.3 is 24.4 Å². The first kappa shape index (κ1) is 19.7. The minimum Gasteiger partial charge on any atom is -0.497 e. The number of rotatable bonds is 5. The molecule has 1 aromatic carbocycles. The molecule has 1 aromatic heterocycles. The van der Waals surface area contributed by atoms with E-state index in [4.69, 9.17) is 14.2 Å². The van der Waals surface area contributed by atoms with Gasteiger partial charge in [0.05, 0.1) is 14.2 Å². The molecule has 1 fully saturated rings. The van der Waals surface area contributed by atoms with E-state index in [0.29, 0.717) is 42.0 Å². The van der Waals surface area contributed by atoms with Gasteiger partial charge in [-0.25, -0.2) is 9.78 Å². The van der Waals surface area contributed by atoms with Gasteiger partial charge in [-0.15, -0.1) is 0 Å². The second-order valence-corrected chi connectivity index (χ2v) is 6.73. The lowest BCUT2D eigenvalue weighted by molar-refractivity contribution is 0.111. The maximum atomic E-state index is 12.6. The lowest BCUT2D eigenvalue weighted by Gasteiger charge is -2.32. The van der Waals surface area contributed by atoms with Gasteiger partial charge in [0.2, 0.25) is 5.88 Å². The average molecular weight is 386 g/mol. The molecule has 0 spiro atoms. The van der Waals surface area contributed by atoms with Crippen molar-refractivity contribution < 1.29 is 19.0 Å². The highest BCUT2D eigenvalue weighted by Gasteiger charge is 2.24. The molecule has 0 aliphatic carbocycles. The number of amides is 2. The molecule has 150 valence electrons. The van der Waals surface area contributed by atoms with E-state index in [1.165, 1.54) is 0 Å². The molecule has 8 heteroatoms. The largest absolute Gasteiger partial charge is 0.497 e. The average Bonchev–Trinajstić information content (AvgIpc) is 2.67. The van der Waals surface area contributed by atoms with Crippen molar-refractivity contribution in [2.45, 2.75) is 32.8 Å². The zero-order chi connectivity index (χ0) is 20.1. The normalized spacial score (nSPS) is 14.5. The Hall–Kier alpha value is -3.03. The predicted molar refractivity (Wildman–Crippen MR) is 105 cm³/mol. The molecule has 3 rings (SSSR count). The Morgan fingerprint density at radius 2 is 1.68 bits per heavy atom. The van der Waals surface area contributed by atoms with E-state index in [1.807, 2.05) is 19.9 Å². The summed E-state index contributed by atoms with van der Waals surface area (Å²) in [5.74, 6) is 2.53. The summed E-state index contributed by atoms with van der Waals surface area (Å²) in [4.78, 5) is 23.0. The van der Waals surface area contributed by atoms with Crippen LogP contribution in [0.4, 0.5) is 10.5 Å². The maximum absolute atomic E-state index is 12.6. The Labute approximate surface area is 164 Å². The summed E-state index contributed by atoms with van der Waals surface area (Å²) in [5.41, 5.74) is 1.51. The van der Waals surface area contributed by atoms with Crippen LogP contribution in [0, 0.1) is 13.8 Å². The van der Waals surface area contributed by atoms with E-state index in [2.05, 4.69) is 15.3 Å². The van der Waals surface area contributed by atoms with Gasteiger partial charge in [0.25, 0.3) is 0 Å². The fourth-order valence-corrected chi connectivity index (χ4v) is 3.17. The zero-order valence-corrected chi connectivity index (χ0v) is 16.7. The Morgan fingerprint density at radius 1 is 1.04 bits per heavy atom. The number of piperidine rings is 1. The molecule has 28 heavy (non-hydrogen) atoms. The van der Waals surface area contributed by atoms with Crippen LogP contribution in [0.5, 0.6) is 17.4 Å². The molecule has 2 heterocycles. The minimum atomic E-state index is -0.150. The van der Waals surface area contributed by atoms with E-state index in [0.717, 1.165) is 18.5 Å². The highest BCUT2D eigenvalue weighted by atomic mass is 16.5. The number of ether oxygens (including phenoxy) is 3. The van der Waals surface area contributed by atoms with Crippen LogP contribution in [-0.2, 0) is 0 Å². The van der Waals surface area contributed by atoms with Crippen molar-refractivity contribution >= 4 is 11.7 Å². The van der Waals surface area contributed by atoms with Crippen molar-refractivity contribution in [2.24, 2.45) is 0 Å². The summed E-state index contributed by atoms with van der Waals surface area (Å²) in [6.45, 7) is 4.99. The summed E-state index contributed by atoms with van der Waals surface area (Å²) in [6, 6.07) is 6.96. The summed E-state index contributed by atoms with van der Waals surface area (Å²) in [7, 11) is 3.15. The van der Waals surface area contributed by atoms with Gasteiger partial charge in [-0.1, -0.05) is 0 Å². The highest BCUT2D eigenvalue weighted by molar-refractivity contribution is 5.89. The molecule has 0 bridgehead atoms. The topological polar surface area (TPSA) is 85.8 Å². The van der Waals surface area contributed by atoms with Crippen LogP contribution in [-0.4, -0.2) is 54.3 Å². The number of carbonyl (C=O) groups excluding carboxylic acids is 1. The maximum Gasteiger partial charge on any atom is 0.321 e. The predicted octanol–water partition coefficient (Wildman–Crippen LogP) is 3.19. The van der Waals surface area contributed by atoms with E-state index in [1.54, 1.807) is 37.3 Å². The number of carbonyl (C=O) groups is 1. The third-order valence-electron chi connectivity index (χ3n) is 4.56. The number of anilines is 1. The van der Waals surface area contributed by atoms with Gasteiger partial charge in [0.15, 0.2) is 0 Å². The van der Waals surface area contributed by atoms with Gasteiger partial charge in [-0.05, 0) is 13.8 Å². The monoisotopic (exact) mass is 386 g/mol. The Kier molecular flexibility index (Phi) is 6.18. The summed E-state index contributed by atoms with van der Waals surface area (Å²) in [5, 5.41) is 2.91. The van der Waals surface area contributed by atoms with Gasteiger partial charge in [0.1, 0.15) is 23.4 Å². The number of aryl methyl sites for hydroxylation is 2. The third-order valence-corrected chi connectivity index (χ3v) is 4.56. The SMILES string of the molecule is COc1cc(NC(=O)N2CCC(Oc3cc(C)nc(C)n3)CC2)cc(OC)c1. The van der Waals surface area contributed by atoms with Crippen molar-refractivity contribution in [3.05, 3.63) is 35.8 Å². The fraction of sp³-hybridized carbons (Fsp3) is 0.450. The van der Waals surface area contributed by atoms with Gasteiger partial charge in [0, 0.05) is 61.6 Å². The van der Waals surface area contributed by atoms with E-state index in [-0.39, 0.29) is 12.1 Å². The molecule has 8 nitrogen and oxygen atoms in total. The number of nitrogens with zero attached hydrogens (tertiary/aromatic N) is 3. The first-order chi connectivity index (χ1) is 13.5. The standard InChI is InChI=1S/C20H26N4O4/c1-13-9-19(22-14(2)21-13)28-16-5-7-24(8-6-16)20(25)23-15-10-17(26-3)12-18(11-15)27-4/h9-12,16H,5-8H2,1-4H3,(H,23,25). The number of benzene rings is 1. The quantitative estimate of drug-likeness (QED) is 0.849. The molecule has 1 aliphatic rings. The smallest absolute Gasteiger partial charge is 0.321 e. The first-order valence-electron chi connectivity index (χ1n) is 9.25. The minimum absolute atomic E-state index is 0.0367. The highest BCUT2D eigenvalue weighted by Crippen LogP contribution is 2.26. The summed E-state index contributed by atoms with van der Waals surface area (Å²) < 4.78 is 16.5. The third kappa shape index (κ3) is 5.03. The Bertz CT molecular complexity index is 792. The number of hydrogen-bond donors (Lipinski definition) is 1. The van der Waals surface area contributed by atoms with Crippen LogP contribution in [0.2, 0.25) is 0 Å². The van der Waals surface area contributed by atoms with E-state index < -0.39 is 0 Å². The van der Waals surface area contributed by atoms with Crippen LogP contribution in [0.3, 0.4) is 0 Å². The summed E-state index contributed by atoms with van der Waals surface area (Å²) in [6.07, 6.45) is 1.53. The molecule has 2 amide bonds. The number of nitrogens with one attached hydrogen (secondary N) is 1. The van der Waals surface area contributed by atoms with Crippen molar-refractivity contribution in [1.82, 2.24) is 14.9 Å². The molecule has 1 saturated heterocycles. The molecule has 1 aliphatic heterocycles. The number of methoxy groups -OCH3 is 2. The van der Waals surface area contributed by atoms with Crippen LogP contribution >= 0.6 is 0 Å². The molecule has 0 radical (unpaired) electrons. The number of likely N-dealkylation sites (tertiary alicyclic amines) is 1. The van der Waals surface area contributed by atoms with Gasteiger partial charge >= 0.3 is 6.03 Å². The van der Waals surface area contributed by atoms with E-state index >= 15 is 0 Å². The summed E-state index contributed by atoms with van der Waals surface area (Å²) >= 11 is 0. The molecule has 0 unspecified atom stereocenters. The first-order valence-corrected chi connectivity index (χ1v) is 9.25. The lowest BCUT2D eigenvalue weighted by Crippen LogP contribution is -2.43. The van der Waals surface area contributed by atoms with Crippen molar-refractivity contribution in [2.75, 3.05) is 32.6 Å². The second-order valence-electron chi connectivity index (χ2n) is 6.73. The van der Waals surface area contributed by atoms with Crippen molar-refractivity contribution in [1.29, 1.82) is 0 Å². The van der Waals surface area contributed by atoms with Crippen LogP contribution in [0.15, 0.2) is 24.3 Å². The van der Waals surface area contributed by atoms with E-state index in [9.17, 15) is 4.79 Å². The van der Waals surface area contributed by atoms with Crippen molar-refractivity contribution in [3.8, 4) is 17.4 Å². The fourth-order valence-electron chi connectivity index (χ4n) is 3.17.